The van der Waals surface area contributed by atoms with Gasteiger partial charge in [0.2, 0.25) is 5.91 Å². The molecule has 0 aliphatic heterocycles. The van der Waals surface area contributed by atoms with Crippen molar-refractivity contribution in [3.63, 3.8) is 0 Å². The molecule has 5 aromatic rings. The molecule has 0 spiro atoms. The molecule has 4 aromatic carbocycles. The Hall–Kier alpha value is -4.38. The maximum atomic E-state index is 13.5. The maximum absolute atomic E-state index is 13.5. The molecule has 0 bridgehead atoms. The van der Waals surface area contributed by atoms with Gasteiger partial charge in [-0.25, -0.2) is 4.39 Å². The van der Waals surface area contributed by atoms with Crippen molar-refractivity contribution in [3.05, 3.63) is 103 Å². The smallest absolute Gasteiger partial charge is 0.248 e. The topological polar surface area (TPSA) is 51.5 Å². The lowest BCUT2D eigenvalue weighted by Crippen LogP contribution is -2.09. The first-order chi connectivity index (χ1) is 17.0. The number of carbonyl (C=O) groups is 1. The minimum atomic E-state index is -0.409. The van der Waals surface area contributed by atoms with Crippen molar-refractivity contribution in [1.29, 1.82) is 0 Å². The summed E-state index contributed by atoms with van der Waals surface area (Å²) in [6.07, 6.45) is 3.26. The van der Waals surface area contributed by atoms with E-state index in [1.807, 2.05) is 44.2 Å². The normalized spacial score (nSPS) is 11.7. The Labute approximate surface area is 202 Å². The van der Waals surface area contributed by atoms with E-state index in [9.17, 15) is 9.18 Å². The van der Waals surface area contributed by atoms with Crippen LogP contribution in [0.4, 0.5) is 10.1 Å². The van der Waals surface area contributed by atoms with Crippen LogP contribution in [0.1, 0.15) is 19.4 Å². The third kappa shape index (κ3) is 4.53. The summed E-state index contributed by atoms with van der Waals surface area (Å²) in [5.41, 5.74) is 4.65. The summed E-state index contributed by atoms with van der Waals surface area (Å²) in [6, 6.07) is 24.1. The van der Waals surface area contributed by atoms with Crippen LogP contribution in [0.15, 0.2) is 95.6 Å². The van der Waals surface area contributed by atoms with E-state index >= 15 is 0 Å². The average Bonchev–Trinajstić information content (AvgIpc) is 3.26. The third-order valence-electron chi connectivity index (χ3n) is 5.92. The molecule has 174 valence electrons. The highest BCUT2D eigenvalue weighted by molar-refractivity contribution is 6.07. The molecule has 4 nitrogen and oxygen atoms in total. The van der Waals surface area contributed by atoms with Gasteiger partial charge in [-0.1, -0.05) is 48.5 Å². The van der Waals surface area contributed by atoms with Gasteiger partial charge < -0.3 is 14.5 Å². The van der Waals surface area contributed by atoms with Crippen LogP contribution in [-0.4, -0.2) is 12.5 Å². The largest absolute Gasteiger partial charge is 0.493 e. The lowest BCUT2D eigenvalue weighted by Gasteiger charge is -2.12. The molecule has 1 N–H and O–H groups in total. The van der Waals surface area contributed by atoms with Crippen molar-refractivity contribution in [2.45, 2.75) is 13.8 Å². The molecule has 0 fully saturated rings. The van der Waals surface area contributed by atoms with Gasteiger partial charge in [0.05, 0.1) is 12.9 Å². The van der Waals surface area contributed by atoms with E-state index in [0.717, 1.165) is 32.8 Å². The number of carbonyl (C=O) groups excluding carboxylic acids is 1. The summed E-state index contributed by atoms with van der Waals surface area (Å²) in [5.74, 6) is -0.128. The molecule has 1 amide bonds. The van der Waals surface area contributed by atoms with Crippen molar-refractivity contribution in [3.8, 4) is 16.9 Å². The Kier molecular flexibility index (Phi) is 6.06. The highest BCUT2D eigenvalue weighted by Crippen LogP contribution is 2.39. The number of hydrogen-bond donors (Lipinski definition) is 1. The fourth-order valence-corrected chi connectivity index (χ4v) is 4.33. The molecular formula is C30H24FNO3. The molecule has 1 heterocycles. The van der Waals surface area contributed by atoms with E-state index in [1.165, 1.54) is 18.2 Å². The number of rotatable bonds is 6. The van der Waals surface area contributed by atoms with Gasteiger partial charge >= 0.3 is 0 Å². The van der Waals surface area contributed by atoms with E-state index in [-0.39, 0.29) is 5.91 Å². The number of nitrogens with one attached hydrogen (secondary N) is 1. The number of anilines is 1. The standard InChI is InChI=1S/C30H24FNO3/c1-3-34-28-17-29-26(27(18-35-29)24-13-6-9-20-8-4-5-12-23(20)24)16-25(28)19(2)14-30(33)32-22-11-7-10-21(31)15-22/h4-18H,3H2,1-2H3,(H,32,33)/b19-14+. The van der Waals surface area contributed by atoms with Crippen molar-refractivity contribution in [2.75, 3.05) is 11.9 Å². The number of benzene rings is 4. The van der Waals surface area contributed by atoms with Crippen molar-refractivity contribution < 1.29 is 18.3 Å². The van der Waals surface area contributed by atoms with E-state index in [1.54, 1.807) is 18.4 Å². The van der Waals surface area contributed by atoms with Crippen LogP contribution in [-0.2, 0) is 4.79 Å². The quantitative estimate of drug-likeness (QED) is 0.260. The summed E-state index contributed by atoms with van der Waals surface area (Å²) in [5, 5.41) is 5.92. The summed E-state index contributed by atoms with van der Waals surface area (Å²) < 4.78 is 25.3. The first kappa shape index (κ1) is 22.4. The van der Waals surface area contributed by atoms with Crippen LogP contribution in [0.25, 0.3) is 38.4 Å². The fraction of sp³-hybridized carbons (Fsp3) is 0.100. The second-order valence-electron chi connectivity index (χ2n) is 8.28. The Morgan fingerprint density at radius 2 is 1.77 bits per heavy atom. The fourth-order valence-electron chi connectivity index (χ4n) is 4.33. The Morgan fingerprint density at radius 1 is 0.971 bits per heavy atom. The molecule has 0 unspecified atom stereocenters. The molecule has 0 radical (unpaired) electrons. The summed E-state index contributed by atoms with van der Waals surface area (Å²) in [4.78, 5) is 12.7. The monoisotopic (exact) mass is 465 g/mol. The first-order valence-electron chi connectivity index (χ1n) is 11.4. The molecule has 1 aromatic heterocycles. The second kappa shape index (κ2) is 9.47. The van der Waals surface area contributed by atoms with Crippen molar-refractivity contribution in [1.82, 2.24) is 0 Å². The van der Waals surface area contributed by atoms with Gasteiger partial charge in [-0.15, -0.1) is 0 Å². The molecular weight excluding hydrogens is 441 g/mol. The van der Waals surface area contributed by atoms with Crippen molar-refractivity contribution in [2.24, 2.45) is 0 Å². The lowest BCUT2D eigenvalue weighted by molar-refractivity contribution is -0.111. The van der Waals surface area contributed by atoms with E-state index in [0.29, 0.717) is 29.2 Å². The zero-order valence-electron chi connectivity index (χ0n) is 19.5. The highest BCUT2D eigenvalue weighted by Gasteiger charge is 2.16. The molecule has 0 aliphatic carbocycles. The number of halogens is 1. The minimum absolute atomic E-state index is 0.350. The lowest BCUT2D eigenvalue weighted by atomic mass is 9.96. The van der Waals surface area contributed by atoms with Crippen LogP contribution < -0.4 is 10.1 Å². The Balaban J connectivity index is 1.58. The molecule has 0 saturated carbocycles. The van der Waals surface area contributed by atoms with Gasteiger partial charge in [-0.3, -0.25) is 4.79 Å². The predicted octanol–water partition coefficient (Wildman–Crippen LogP) is 7.83. The molecule has 35 heavy (non-hydrogen) atoms. The van der Waals surface area contributed by atoms with Gasteiger partial charge in [0.1, 0.15) is 17.1 Å². The van der Waals surface area contributed by atoms with Crippen LogP contribution >= 0.6 is 0 Å². The number of amides is 1. The first-order valence-corrected chi connectivity index (χ1v) is 11.4. The zero-order valence-corrected chi connectivity index (χ0v) is 19.5. The van der Waals surface area contributed by atoms with Crippen LogP contribution in [0.5, 0.6) is 5.75 Å². The van der Waals surface area contributed by atoms with Crippen LogP contribution in [0.2, 0.25) is 0 Å². The number of ether oxygens (including phenoxy) is 1. The van der Waals surface area contributed by atoms with Gasteiger partial charge in [-0.2, -0.15) is 0 Å². The molecule has 5 rings (SSSR count). The average molecular weight is 466 g/mol. The van der Waals surface area contributed by atoms with Gasteiger partial charge in [0, 0.05) is 34.3 Å². The van der Waals surface area contributed by atoms with E-state index in [4.69, 9.17) is 9.15 Å². The Morgan fingerprint density at radius 3 is 2.60 bits per heavy atom. The molecule has 0 aliphatic rings. The van der Waals surface area contributed by atoms with E-state index in [2.05, 4.69) is 29.6 Å². The van der Waals surface area contributed by atoms with Gasteiger partial charge in [0.15, 0.2) is 0 Å². The number of hydrogen-bond acceptors (Lipinski definition) is 3. The van der Waals surface area contributed by atoms with Gasteiger partial charge in [0.25, 0.3) is 0 Å². The number of fused-ring (bicyclic) bond motifs is 2. The maximum Gasteiger partial charge on any atom is 0.248 e. The zero-order chi connectivity index (χ0) is 24.4. The van der Waals surface area contributed by atoms with Crippen LogP contribution in [0.3, 0.4) is 0 Å². The predicted molar refractivity (Wildman–Crippen MR) is 139 cm³/mol. The summed E-state index contributed by atoms with van der Waals surface area (Å²) in [6.45, 7) is 4.23. The minimum Gasteiger partial charge on any atom is -0.493 e. The summed E-state index contributed by atoms with van der Waals surface area (Å²) >= 11 is 0. The third-order valence-corrected chi connectivity index (χ3v) is 5.92. The summed E-state index contributed by atoms with van der Waals surface area (Å²) in [7, 11) is 0. The van der Waals surface area contributed by atoms with Crippen molar-refractivity contribution >= 4 is 38.9 Å². The number of allylic oxidation sites excluding steroid dienone is 1. The van der Waals surface area contributed by atoms with E-state index < -0.39 is 5.82 Å². The molecule has 5 heteroatoms. The number of furan rings is 1. The highest BCUT2D eigenvalue weighted by atomic mass is 19.1. The second-order valence-corrected chi connectivity index (χ2v) is 8.28. The molecule has 0 saturated heterocycles. The van der Waals surface area contributed by atoms with Crippen LogP contribution in [0, 0.1) is 5.82 Å². The van der Waals surface area contributed by atoms with Gasteiger partial charge in [-0.05, 0) is 60.0 Å². The Bertz CT molecular complexity index is 1580. The SMILES string of the molecule is CCOc1cc2occ(-c3cccc4ccccc34)c2cc1/C(C)=C/C(=O)Nc1cccc(F)c1. The molecule has 0 atom stereocenters.